The zero-order valence-electron chi connectivity index (χ0n) is 14.3. The van der Waals surface area contributed by atoms with Crippen molar-refractivity contribution in [2.24, 2.45) is 7.05 Å². The smallest absolute Gasteiger partial charge is 0.315 e. The number of nitrogens with zero attached hydrogens (tertiary/aromatic N) is 2. The van der Waals surface area contributed by atoms with E-state index < -0.39 is 12.1 Å². The first-order valence-corrected chi connectivity index (χ1v) is 7.80. The summed E-state index contributed by atoms with van der Waals surface area (Å²) in [6, 6.07) is 7.84. The zero-order valence-corrected chi connectivity index (χ0v) is 14.3. The Morgan fingerprint density at radius 1 is 1.12 bits per heavy atom. The van der Waals surface area contributed by atoms with Crippen LogP contribution in [0, 0.1) is 6.92 Å². The van der Waals surface area contributed by atoms with E-state index in [4.69, 9.17) is 0 Å². The lowest BCUT2D eigenvalue weighted by molar-refractivity contribution is -0.117. The van der Waals surface area contributed by atoms with Gasteiger partial charge in [0.1, 0.15) is 6.04 Å². The molecule has 1 heterocycles. The summed E-state index contributed by atoms with van der Waals surface area (Å²) in [4.78, 5) is 24.2. The molecule has 1 aromatic carbocycles. The Labute approximate surface area is 141 Å². The summed E-state index contributed by atoms with van der Waals surface area (Å²) in [7, 11) is 1.83. The third-order valence-corrected chi connectivity index (χ3v) is 3.65. The molecule has 0 saturated heterocycles. The van der Waals surface area contributed by atoms with Crippen LogP contribution in [0.25, 0.3) is 0 Å². The van der Waals surface area contributed by atoms with Gasteiger partial charge in [-0.15, -0.1) is 0 Å². The van der Waals surface area contributed by atoms with E-state index >= 15 is 0 Å². The first kappa shape index (κ1) is 17.5. The SMILES string of the molecule is Cc1nn(C)cc1[C@@H](C)NC(=O)N[C@@H](C)C(=O)Nc1ccccc1. The molecule has 24 heavy (non-hydrogen) atoms. The topological polar surface area (TPSA) is 88.1 Å². The molecule has 0 saturated carbocycles. The summed E-state index contributed by atoms with van der Waals surface area (Å²) >= 11 is 0. The Balaban J connectivity index is 1.87. The molecular formula is C17H23N5O2. The molecule has 2 atom stereocenters. The van der Waals surface area contributed by atoms with Gasteiger partial charge in [0.2, 0.25) is 5.91 Å². The van der Waals surface area contributed by atoms with Crippen molar-refractivity contribution in [3.63, 3.8) is 0 Å². The van der Waals surface area contributed by atoms with Gasteiger partial charge in [0, 0.05) is 24.5 Å². The van der Waals surface area contributed by atoms with Crippen LogP contribution >= 0.6 is 0 Å². The average molecular weight is 329 g/mol. The van der Waals surface area contributed by atoms with Gasteiger partial charge in [0.25, 0.3) is 0 Å². The summed E-state index contributed by atoms with van der Waals surface area (Å²) in [5.41, 5.74) is 2.49. The Kier molecular flexibility index (Phi) is 5.57. The first-order chi connectivity index (χ1) is 11.4. The molecule has 128 valence electrons. The van der Waals surface area contributed by atoms with Crippen LogP contribution in [0.2, 0.25) is 0 Å². The van der Waals surface area contributed by atoms with Crippen LogP contribution in [0.3, 0.4) is 0 Å². The van der Waals surface area contributed by atoms with Crippen molar-refractivity contribution in [3.05, 3.63) is 47.8 Å². The highest BCUT2D eigenvalue weighted by Gasteiger charge is 2.18. The second-order valence-corrected chi connectivity index (χ2v) is 5.76. The lowest BCUT2D eigenvalue weighted by Gasteiger charge is -2.18. The van der Waals surface area contributed by atoms with Crippen molar-refractivity contribution in [2.75, 3.05) is 5.32 Å². The number of aryl methyl sites for hydroxylation is 2. The number of rotatable bonds is 5. The van der Waals surface area contributed by atoms with Gasteiger partial charge in [-0.05, 0) is 32.9 Å². The molecule has 0 aliphatic carbocycles. The number of amides is 3. The van der Waals surface area contributed by atoms with Gasteiger partial charge < -0.3 is 16.0 Å². The molecule has 0 radical (unpaired) electrons. The van der Waals surface area contributed by atoms with E-state index in [1.807, 2.05) is 45.3 Å². The molecule has 0 aliphatic rings. The van der Waals surface area contributed by atoms with Crippen molar-refractivity contribution in [1.82, 2.24) is 20.4 Å². The molecule has 0 bridgehead atoms. The number of anilines is 1. The zero-order chi connectivity index (χ0) is 17.7. The maximum Gasteiger partial charge on any atom is 0.315 e. The van der Waals surface area contributed by atoms with E-state index in [0.29, 0.717) is 5.69 Å². The molecule has 0 unspecified atom stereocenters. The summed E-state index contributed by atoms with van der Waals surface area (Å²) < 4.78 is 1.71. The van der Waals surface area contributed by atoms with Gasteiger partial charge in [-0.1, -0.05) is 18.2 Å². The highest BCUT2D eigenvalue weighted by atomic mass is 16.2. The number of para-hydroxylation sites is 1. The largest absolute Gasteiger partial charge is 0.332 e. The predicted octanol–water partition coefficient (Wildman–Crippen LogP) is 2.12. The molecule has 1 aromatic heterocycles. The monoisotopic (exact) mass is 329 g/mol. The van der Waals surface area contributed by atoms with E-state index in [9.17, 15) is 9.59 Å². The summed E-state index contributed by atoms with van der Waals surface area (Å²) in [6.07, 6.45) is 1.87. The Bertz CT molecular complexity index is 711. The van der Waals surface area contributed by atoms with E-state index in [-0.39, 0.29) is 11.9 Å². The number of hydrogen-bond donors (Lipinski definition) is 3. The van der Waals surface area contributed by atoms with Crippen LogP contribution in [0.4, 0.5) is 10.5 Å². The van der Waals surface area contributed by atoms with Crippen LogP contribution in [-0.2, 0) is 11.8 Å². The summed E-state index contributed by atoms with van der Waals surface area (Å²) in [5.74, 6) is -0.276. The fraction of sp³-hybridized carbons (Fsp3) is 0.353. The number of carbonyl (C=O) groups excluding carboxylic acids is 2. The Morgan fingerprint density at radius 2 is 1.79 bits per heavy atom. The normalized spacial score (nSPS) is 13.0. The standard InChI is InChI=1S/C17H23N5O2/c1-11(15-10-22(4)21-12(15)2)18-17(24)19-13(3)16(23)20-14-8-6-5-7-9-14/h5-11,13H,1-4H3,(H,20,23)(H2,18,19,24)/t11-,13+/m1/s1. The molecule has 2 aromatic rings. The van der Waals surface area contributed by atoms with Crippen molar-refractivity contribution >= 4 is 17.6 Å². The molecule has 7 heteroatoms. The lowest BCUT2D eigenvalue weighted by Crippen LogP contribution is -2.46. The van der Waals surface area contributed by atoms with Gasteiger partial charge >= 0.3 is 6.03 Å². The Morgan fingerprint density at radius 3 is 2.38 bits per heavy atom. The number of carbonyl (C=O) groups is 2. The third kappa shape index (κ3) is 4.58. The highest BCUT2D eigenvalue weighted by molar-refractivity contribution is 5.96. The van der Waals surface area contributed by atoms with Crippen molar-refractivity contribution in [3.8, 4) is 0 Å². The molecule has 7 nitrogen and oxygen atoms in total. The molecule has 0 spiro atoms. The summed E-state index contributed by atoms with van der Waals surface area (Å²) in [6.45, 7) is 5.40. The van der Waals surface area contributed by atoms with E-state index in [1.54, 1.807) is 23.7 Å². The van der Waals surface area contributed by atoms with Crippen LogP contribution in [0.1, 0.15) is 31.1 Å². The molecular weight excluding hydrogens is 306 g/mol. The highest BCUT2D eigenvalue weighted by Crippen LogP contribution is 2.15. The predicted molar refractivity (Wildman–Crippen MR) is 92.6 cm³/mol. The van der Waals surface area contributed by atoms with Gasteiger partial charge in [0.05, 0.1) is 11.7 Å². The van der Waals surface area contributed by atoms with Gasteiger partial charge in [-0.25, -0.2) is 4.79 Å². The molecule has 0 fully saturated rings. The van der Waals surface area contributed by atoms with Crippen molar-refractivity contribution in [2.45, 2.75) is 32.9 Å². The quantitative estimate of drug-likeness (QED) is 0.785. The van der Waals surface area contributed by atoms with E-state index in [1.165, 1.54) is 0 Å². The maximum atomic E-state index is 12.1. The fourth-order valence-electron chi connectivity index (χ4n) is 2.39. The van der Waals surface area contributed by atoms with Crippen molar-refractivity contribution in [1.29, 1.82) is 0 Å². The molecule has 3 N–H and O–H groups in total. The summed E-state index contributed by atoms with van der Waals surface area (Å²) in [5, 5.41) is 12.5. The number of benzene rings is 1. The minimum absolute atomic E-state index is 0.205. The molecule has 0 aliphatic heterocycles. The van der Waals surface area contributed by atoms with E-state index in [2.05, 4.69) is 21.0 Å². The number of urea groups is 1. The average Bonchev–Trinajstić information content (AvgIpc) is 2.86. The van der Waals surface area contributed by atoms with Crippen LogP contribution in [0.5, 0.6) is 0 Å². The van der Waals surface area contributed by atoms with Crippen LogP contribution in [0.15, 0.2) is 36.5 Å². The fourth-order valence-corrected chi connectivity index (χ4v) is 2.39. The van der Waals surface area contributed by atoms with Gasteiger partial charge in [-0.2, -0.15) is 5.10 Å². The van der Waals surface area contributed by atoms with E-state index in [0.717, 1.165) is 11.3 Å². The number of nitrogens with one attached hydrogen (secondary N) is 3. The maximum absolute atomic E-state index is 12.1. The second-order valence-electron chi connectivity index (χ2n) is 5.76. The first-order valence-electron chi connectivity index (χ1n) is 7.80. The lowest BCUT2D eigenvalue weighted by atomic mass is 10.1. The second kappa shape index (κ2) is 7.63. The van der Waals surface area contributed by atoms with Crippen LogP contribution in [-0.4, -0.2) is 27.8 Å². The Hall–Kier alpha value is -2.83. The third-order valence-electron chi connectivity index (χ3n) is 3.65. The number of hydrogen-bond acceptors (Lipinski definition) is 3. The van der Waals surface area contributed by atoms with Gasteiger partial charge in [0.15, 0.2) is 0 Å². The van der Waals surface area contributed by atoms with Crippen molar-refractivity contribution < 1.29 is 9.59 Å². The minimum atomic E-state index is -0.660. The minimum Gasteiger partial charge on any atom is -0.332 e. The number of aromatic nitrogens is 2. The molecule has 3 amide bonds. The molecule has 2 rings (SSSR count). The van der Waals surface area contributed by atoms with Crippen LogP contribution < -0.4 is 16.0 Å². The van der Waals surface area contributed by atoms with Gasteiger partial charge in [-0.3, -0.25) is 9.48 Å².